The second kappa shape index (κ2) is 58.5. The molecule has 0 radical (unpaired) electrons. The molecule has 1 fully saturated rings. The predicted molar refractivity (Wildman–Crippen MR) is 356 cm³/mol. The molecule has 7 N–H and O–H groups in total. The maximum atomic E-state index is 5.69. The Morgan fingerprint density at radius 3 is 0.975 bits per heavy atom. The van der Waals surface area contributed by atoms with Gasteiger partial charge in [0.05, 0.1) is 13.2 Å². The standard InChI is InChI=1S/C15H17N.C9H13NO.C8H10ClN.3C8H11N.C6H13NO.7CH4/c1-16-12-15(13-8-4-2-5-9-13)14-10-6-3-7-11-14;1-10-7-8-3-5-9(11-2)6-4-8;1-10-6-7-2-4-8(9)5-3-7;3*1-9-7-8-5-3-2-4-6-8;1-7-5-6-3-2-4-8-6;;;;;;;/h2-11,15-16H,12H2,1H3;3-6,10H,7H2,1-2H3;2-5,10H,6H2,1H3;3*2-6,9H,7H2,1H3;6-7H,2-5H2,1H3;7*1H4. The summed E-state index contributed by atoms with van der Waals surface area (Å²) in [4.78, 5) is 0. The van der Waals surface area contributed by atoms with Crippen molar-refractivity contribution in [2.75, 3.05) is 76.1 Å². The van der Waals surface area contributed by atoms with Crippen molar-refractivity contribution in [2.45, 2.75) is 110 Å². The Labute approximate surface area is 491 Å². The van der Waals surface area contributed by atoms with Crippen LogP contribution in [0.2, 0.25) is 5.02 Å². The van der Waals surface area contributed by atoms with Crippen LogP contribution in [-0.2, 0) is 37.5 Å². The molecule has 1 aliphatic rings. The number of methoxy groups -OCH3 is 1. The molecule has 0 saturated carbocycles. The van der Waals surface area contributed by atoms with Gasteiger partial charge in [0.2, 0.25) is 0 Å². The molecule has 0 bridgehead atoms. The summed E-state index contributed by atoms with van der Waals surface area (Å²) in [5, 5.41) is 22.5. The zero-order valence-corrected chi connectivity index (χ0v) is 45.2. The fourth-order valence-corrected chi connectivity index (χ4v) is 7.32. The van der Waals surface area contributed by atoms with Gasteiger partial charge in [-0.1, -0.05) is 240 Å². The highest BCUT2D eigenvalue weighted by atomic mass is 35.5. The first kappa shape index (κ1) is 84.6. The van der Waals surface area contributed by atoms with Crippen molar-refractivity contribution in [1.29, 1.82) is 0 Å². The Balaban J connectivity index is -0.000000196. The first-order valence-corrected chi connectivity index (χ1v) is 25.4. The fraction of sp³-hybridized carbons (Fsp3) is 0.391. The van der Waals surface area contributed by atoms with E-state index in [0.29, 0.717) is 12.0 Å². The van der Waals surface area contributed by atoms with Crippen LogP contribution in [0.4, 0.5) is 0 Å². The van der Waals surface area contributed by atoms with E-state index in [1.165, 1.54) is 51.8 Å². The SMILES string of the molecule is C.C.C.C.C.C.C.CNCC(c1ccccc1)c1ccccc1.CNCC1CCCO1.CNCc1ccc(Cl)cc1.CNCc1ccc(OC)cc1.CNCc1ccccc1.CNCc1ccccc1.CNCc1ccccc1. The van der Waals surface area contributed by atoms with E-state index in [1.807, 2.05) is 140 Å². The van der Waals surface area contributed by atoms with Crippen LogP contribution in [0.5, 0.6) is 5.75 Å². The zero-order valence-electron chi connectivity index (χ0n) is 44.5. The first-order chi connectivity index (χ1) is 35.3. The molecule has 1 unspecified atom stereocenters. The van der Waals surface area contributed by atoms with Crippen molar-refractivity contribution in [1.82, 2.24) is 37.2 Å². The van der Waals surface area contributed by atoms with Crippen LogP contribution in [0.15, 0.2) is 200 Å². The molecule has 0 aliphatic carbocycles. The molecule has 0 amide bonds. The highest BCUT2D eigenvalue weighted by molar-refractivity contribution is 6.30. The van der Waals surface area contributed by atoms with Crippen molar-refractivity contribution in [3.8, 4) is 5.75 Å². The van der Waals surface area contributed by atoms with E-state index in [4.69, 9.17) is 21.1 Å². The van der Waals surface area contributed by atoms with Gasteiger partial charge >= 0.3 is 0 Å². The minimum absolute atomic E-state index is 0. The maximum Gasteiger partial charge on any atom is 0.118 e. The molecule has 0 aromatic heterocycles. The monoisotopic (exact) mass is 1110 g/mol. The summed E-state index contributed by atoms with van der Waals surface area (Å²) in [6, 6.07) is 68.1. The molecule has 1 atom stereocenters. The Kier molecular flexibility index (Phi) is 62.6. The van der Waals surface area contributed by atoms with E-state index in [-0.39, 0.29) is 52.0 Å². The third-order valence-corrected chi connectivity index (χ3v) is 11.0. The highest BCUT2D eigenvalue weighted by Crippen LogP contribution is 2.23. The van der Waals surface area contributed by atoms with Gasteiger partial charge in [-0.25, -0.2) is 0 Å². The van der Waals surface area contributed by atoms with Crippen LogP contribution < -0.4 is 42.0 Å². The van der Waals surface area contributed by atoms with Crippen LogP contribution in [0.1, 0.15) is 110 Å². The molecule has 9 nitrogen and oxygen atoms in total. The van der Waals surface area contributed by atoms with Gasteiger partial charge in [0.15, 0.2) is 0 Å². The average molecular weight is 1110 g/mol. The lowest BCUT2D eigenvalue weighted by Gasteiger charge is -2.17. The first-order valence-electron chi connectivity index (χ1n) is 25.1. The summed E-state index contributed by atoms with van der Waals surface area (Å²) < 4.78 is 10.4. The number of likely N-dealkylation sites (N-methyl/N-ethyl adjacent to an activating group) is 2. The van der Waals surface area contributed by atoms with Gasteiger partial charge in [0.1, 0.15) is 5.75 Å². The molecule has 1 heterocycles. The molecule has 79 heavy (non-hydrogen) atoms. The highest BCUT2D eigenvalue weighted by Gasteiger charge is 2.13. The minimum Gasteiger partial charge on any atom is -0.497 e. The van der Waals surface area contributed by atoms with Crippen molar-refractivity contribution < 1.29 is 9.47 Å². The van der Waals surface area contributed by atoms with E-state index in [2.05, 4.69) is 146 Å². The molecule has 8 rings (SSSR count). The molecule has 1 aliphatic heterocycles. The molecular weight excluding hydrogens is 994 g/mol. The summed E-state index contributed by atoms with van der Waals surface area (Å²) in [7, 11) is 15.3. The lowest BCUT2D eigenvalue weighted by Crippen LogP contribution is -2.22. The maximum absolute atomic E-state index is 5.69. The molecular formula is C69H114ClN7O2. The zero-order chi connectivity index (χ0) is 52.1. The molecule has 1 saturated heterocycles. The van der Waals surface area contributed by atoms with Crippen molar-refractivity contribution in [3.05, 3.63) is 244 Å². The van der Waals surface area contributed by atoms with E-state index in [9.17, 15) is 0 Å². The van der Waals surface area contributed by atoms with Crippen LogP contribution in [-0.4, -0.2) is 82.2 Å². The number of halogens is 1. The molecule has 10 heteroatoms. The molecule has 0 spiro atoms. The predicted octanol–water partition coefficient (Wildman–Crippen LogP) is 15.6. The van der Waals surface area contributed by atoms with E-state index < -0.39 is 0 Å². The molecule has 7 aromatic carbocycles. The van der Waals surface area contributed by atoms with E-state index in [0.717, 1.165) is 63.2 Å². The summed E-state index contributed by atoms with van der Waals surface area (Å²) in [6.07, 6.45) is 2.98. The van der Waals surface area contributed by atoms with E-state index >= 15 is 0 Å². The Morgan fingerprint density at radius 2 is 0.709 bits per heavy atom. The number of rotatable bonds is 17. The number of benzene rings is 7. The third-order valence-electron chi connectivity index (χ3n) is 10.8. The minimum atomic E-state index is 0. The third kappa shape index (κ3) is 42.0. The number of hydrogen-bond acceptors (Lipinski definition) is 9. The van der Waals surface area contributed by atoms with Gasteiger partial charge in [-0.2, -0.15) is 0 Å². The second-order valence-electron chi connectivity index (χ2n) is 16.7. The van der Waals surface area contributed by atoms with Crippen molar-refractivity contribution in [3.63, 3.8) is 0 Å². The number of hydrogen-bond donors (Lipinski definition) is 7. The fourth-order valence-electron chi connectivity index (χ4n) is 7.19. The summed E-state index contributed by atoms with van der Waals surface area (Å²) in [5.74, 6) is 1.34. The summed E-state index contributed by atoms with van der Waals surface area (Å²) in [6.45, 7) is 7.63. The lowest BCUT2D eigenvalue weighted by atomic mass is 9.91. The average Bonchev–Trinajstić information content (AvgIpc) is 3.96. The van der Waals surface area contributed by atoms with Crippen molar-refractivity contribution in [2.24, 2.45) is 0 Å². The van der Waals surface area contributed by atoms with Gasteiger partial charge in [-0.15, -0.1) is 0 Å². The van der Waals surface area contributed by atoms with Crippen LogP contribution in [0.3, 0.4) is 0 Å². The number of ether oxygens (including phenoxy) is 2. The Hall–Kier alpha value is -5.69. The smallest absolute Gasteiger partial charge is 0.118 e. The van der Waals surface area contributed by atoms with Crippen LogP contribution in [0.25, 0.3) is 0 Å². The van der Waals surface area contributed by atoms with E-state index in [1.54, 1.807) is 7.11 Å². The van der Waals surface area contributed by atoms with Gasteiger partial charge in [0, 0.05) is 63.4 Å². The molecule has 7 aromatic rings. The topological polar surface area (TPSA) is 103 Å². The van der Waals surface area contributed by atoms with Crippen LogP contribution in [0, 0.1) is 0 Å². The van der Waals surface area contributed by atoms with Gasteiger partial charge in [-0.3, -0.25) is 0 Å². The van der Waals surface area contributed by atoms with Gasteiger partial charge < -0.3 is 46.7 Å². The normalized spacial score (nSPS) is 10.9. The number of nitrogens with one attached hydrogen (secondary N) is 7. The van der Waals surface area contributed by atoms with Gasteiger partial charge in [0.25, 0.3) is 0 Å². The molecule has 444 valence electrons. The lowest BCUT2D eigenvalue weighted by molar-refractivity contribution is 0.112. The summed E-state index contributed by atoms with van der Waals surface area (Å²) >= 11 is 5.69. The summed E-state index contributed by atoms with van der Waals surface area (Å²) in [5.41, 5.74) is 9.26. The Morgan fingerprint density at radius 1 is 0.405 bits per heavy atom. The van der Waals surface area contributed by atoms with Crippen LogP contribution >= 0.6 is 11.6 Å². The second-order valence-corrected chi connectivity index (χ2v) is 17.1. The quantitative estimate of drug-likeness (QED) is 0.0481. The largest absolute Gasteiger partial charge is 0.497 e. The van der Waals surface area contributed by atoms with Crippen molar-refractivity contribution >= 4 is 11.6 Å². The Bertz CT molecular complexity index is 2080. The van der Waals surface area contributed by atoms with Gasteiger partial charge in [-0.05, 0) is 125 Å².